The van der Waals surface area contributed by atoms with Crippen molar-refractivity contribution in [1.29, 1.82) is 0 Å². The standard InChI is InChI=1S/C16H22BrNO2/c1-11-2-4-12(5-3-11)8-9-18-15-10-13(17)6-7-14(15)16(19)20/h6-7,10-12,18H,2-5,8-9H2,1H3,(H,19,20). The van der Waals surface area contributed by atoms with Gasteiger partial charge in [0, 0.05) is 16.7 Å². The molecule has 0 aromatic heterocycles. The summed E-state index contributed by atoms with van der Waals surface area (Å²) in [5, 5.41) is 12.5. The van der Waals surface area contributed by atoms with Crippen LogP contribution in [-0.4, -0.2) is 17.6 Å². The highest BCUT2D eigenvalue weighted by atomic mass is 79.9. The van der Waals surface area contributed by atoms with Crippen molar-refractivity contribution >= 4 is 27.6 Å². The topological polar surface area (TPSA) is 49.3 Å². The number of rotatable bonds is 5. The van der Waals surface area contributed by atoms with Crippen molar-refractivity contribution in [3.63, 3.8) is 0 Å². The Labute approximate surface area is 128 Å². The predicted molar refractivity (Wildman–Crippen MR) is 85.3 cm³/mol. The molecular formula is C16H22BrNO2. The van der Waals surface area contributed by atoms with Crippen molar-refractivity contribution in [2.75, 3.05) is 11.9 Å². The third-order valence-corrected chi connectivity index (χ3v) is 4.71. The van der Waals surface area contributed by atoms with Crippen LogP contribution in [0.15, 0.2) is 22.7 Å². The molecule has 20 heavy (non-hydrogen) atoms. The van der Waals surface area contributed by atoms with Gasteiger partial charge in [-0.05, 0) is 36.5 Å². The summed E-state index contributed by atoms with van der Waals surface area (Å²) in [7, 11) is 0. The minimum atomic E-state index is -0.883. The Kier molecular flexibility index (Phi) is 5.46. The van der Waals surface area contributed by atoms with Crippen LogP contribution in [0.5, 0.6) is 0 Å². The van der Waals surface area contributed by atoms with Crippen LogP contribution in [0.4, 0.5) is 5.69 Å². The Hall–Kier alpha value is -1.03. The van der Waals surface area contributed by atoms with Crippen LogP contribution in [0.3, 0.4) is 0 Å². The van der Waals surface area contributed by atoms with Gasteiger partial charge in [0.1, 0.15) is 0 Å². The van der Waals surface area contributed by atoms with E-state index in [4.69, 9.17) is 0 Å². The first-order valence-corrected chi connectivity index (χ1v) is 8.12. The summed E-state index contributed by atoms with van der Waals surface area (Å²) < 4.78 is 0.900. The van der Waals surface area contributed by atoms with Gasteiger partial charge in [0.25, 0.3) is 0 Å². The highest BCUT2D eigenvalue weighted by molar-refractivity contribution is 9.10. The lowest BCUT2D eigenvalue weighted by molar-refractivity contribution is 0.0698. The van der Waals surface area contributed by atoms with Crippen LogP contribution in [0.25, 0.3) is 0 Å². The van der Waals surface area contributed by atoms with E-state index >= 15 is 0 Å². The first-order chi connectivity index (χ1) is 9.56. The van der Waals surface area contributed by atoms with Gasteiger partial charge in [0.2, 0.25) is 0 Å². The number of aromatic carboxylic acids is 1. The SMILES string of the molecule is CC1CCC(CCNc2cc(Br)ccc2C(=O)O)CC1. The van der Waals surface area contributed by atoms with Gasteiger partial charge >= 0.3 is 5.97 Å². The molecule has 110 valence electrons. The summed E-state index contributed by atoms with van der Waals surface area (Å²) in [5.41, 5.74) is 1.04. The maximum Gasteiger partial charge on any atom is 0.337 e. The van der Waals surface area contributed by atoms with E-state index in [-0.39, 0.29) is 0 Å². The zero-order chi connectivity index (χ0) is 14.5. The summed E-state index contributed by atoms with van der Waals surface area (Å²) in [6.07, 6.45) is 6.42. The van der Waals surface area contributed by atoms with Crippen molar-refractivity contribution in [3.8, 4) is 0 Å². The molecule has 2 N–H and O–H groups in total. The molecule has 1 aliphatic rings. The molecule has 0 radical (unpaired) electrons. The Morgan fingerprint density at radius 1 is 1.35 bits per heavy atom. The lowest BCUT2D eigenvalue weighted by Gasteiger charge is -2.26. The number of benzene rings is 1. The second-order valence-electron chi connectivity index (χ2n) is 5.84. The molecule has 0 atom stereocenters. The largest absolute Gasteiger partial charge is 0.478 e. The third kappa shape index (κ3) is 4.23. The van der Waals surface area contributed by atoms with Gasteiger partial charge in [-0.25, -0.2) is 4.79 Å². The summed E-state index contributed by atoms with van der Waals surface area (Å²) in [6.45, 7) is 3.17. The highest BCUT2D eigenvalue weighted by Crippen LogP contribution is 2.30. The van der Waals surface area contributed by atoms with E-state index in [9.17, 15) is 9.90 Å². The van der Waals surface area contributed by atoms with Gasteiger partial charge in [-0.1, -0.05) is 48.5 Å². The van der Waals surface area contributed by atoms with Crippen LogP contribution in [0.1, 0.15) is 49.4 Å². The van der Waals surface area contributed by atoms with Gasteiger partial charge in [0.15, 0.2) is 0 Å². The molecule has 0 amide bonds. The Balaban J connectivity index is 1.87. The van der Waals surface area contributed by atoms with Gasteiger partial charge < -0.3 is 10.4 Å². The highest BCUT2D eigenvalue weighted by Gasteiger charge is 2.18. The number of hydrogen-bond acceptors (Lipinski definition) is 2. The lowest BCUT2D eigenvalue weighted by Crippen LogP contribution is -2.16. The predicted octanol–water partition coefficient (Wildman–Crippen LogP) is 4.78. The molecule has 1 fully saturated rings. The van der Waals surface area contributed by atoms with Crippen LogP contribution in [0, 0.1) is 11.8 Å². The van der Waals surface area contributed by atoms with E-state index in [1.807, 2.05) is 6.07 Å². The summed E-state index contributed by atoms with van der Waals surface area (Å²) in [6, 6.07) is 5.24. The maximum atomic E-state index is 11.2. The fourth-order valence-electron chi connectivity index (χ4n) is 2.88. The van der Waals surface area contributed by atoms with E-state index in [1.165, 1.54) is 25.7 Å². The van der Waals surface area contributed by atoms with E-state index in [0.29, 0.717) is 11.3 Å². The van der Waals surface area contributed by atoms with Crippen LogP contribution in [0.2, 0.25) is 0 Å². The van der Waals surface area contributed by atoms with E-state index in [1.54, 1.807) is 12.1 Å². The molecule has 2 rings (SSSR count). The van der Waals surface area contributed by atoms with Crippen molar-refractivity contribution in [2.24, 2.45) is 11.8 Å². The van der Waals surface area contributed by atoms with E-state index in [0.717, 1.165) is 29.3 Å². The third-order valence-electron chi connectivity index (χ3n) is 4.22. The van der Waals surface area contributed by atoms with Crippen molar-refractivity contribution in [2.45, 2.75) is 39.0 Å². The summed E-state index contributed by atoms with van der Waals surface area (Å²) in [4.78, 5) is 11.2. The van der Waals surface area contributed by atoms with Gasteiger partial charge in [0.05, 0.1) is 5.56 Å². The maximum absolute atomic E-state index is 11.2. The average Bonchev–Trinajstić information content (AvgIpc) is 2.41. The molecule has 0 bridgehead atoms. The molecule has 1 aliphatic carbocycles. The van der Waals surface area contributed by atoms with Gasteiger partial charge in [-0.3, -0.25) is 0 Å². The molecule has 1 saturated carbocycles. The molecule has 0 saturated heterocycles. The van der Waals surface area contributed by atoms with Crippen LogP contribution >= 0.6 is 15.9 Å². The molecule has 0 heterocycles. The first kappa shape index (κ1) is 15.4. The molecule has 4 heteroatoms. The van der Waals surface area contributed by atoms with Crippen molar-refractivity contribution < 1.29 is 9.90 Å². The minimum absolute atomic E-state index is 0.338. The summed E-state index contributed by atoms with van der Waals surface area (Å²) in [5.74, 6) is 0.786. The normalized spacial score (nSPS) is 22.5. The zero-order valence-corrected chi connectivity index (χ0v) is 13.4. The minimum Gasteiger partial charge on any atom is -0.478 e. The van der Waals surface area contributed by atoms with Gasteiger partial charge in [-0.15, -0.1) is 0 Å². The lowest BCUT2D eigenvalue weighted by atomic mass is 9.81. The molecule has 3 nitrogen and oxygen atoms in total. The number of anilines is 1. The Morgan fingerprint density at radius 3 is 2.70 bits per heavy atom. The van der Waals surface area contributed by atoms with E-state index in [2.05, 4.69) is 28.2 Å². The van der Waals surface area contributed by atoms with Gasteiger partial charge in [-0.2, -0.15) is 0 Å². The molecule has 0 unspecified atom stereocenters. The number of halogens is 1. The molecule has 1 aromatic rings. The molecule has 1 aromatic carbocycles. The second-order valence-corrected chi connectivity index (χ2v) is 6.75. The van der Waals surface area contributed by atoms with E-state index < -0.39 is 5.97 Å². The second kappa shape index (κ2) is 7.11. The number of carboxylic acids is 1. The number of nitrogens with one attached hydrogen (secondary N) is 1. The zero-order valence-electron chi connectivity index (χ0n) is 11.9. The molecule has 0 aliphatic heterocycles. The van der Waals surface area contributed by atoms with Crippen molar-refractivity contribution in [3.05, 3.63) is 28.2 Å². The quantitative estimate of drug-likeness (QED) is 0.811. The number of hydrogen-bond donors (Lipinski definition) is 2. The fraction of sp³-hybridized carbons (Fsp3) is 0.562. The Bertz CT molecular complexity index is 468. The van der Waals surface area contributed by atoms with Crippen molar-refractivity contribution in [1.82, 2.24) is 0 Å². The number of carboxylic acid groups (broad SMARTS) is 1. The smallest absolute Gasteiger partial charge is 0.337 e. The first-order valence-electron chi connectivity index (χ1n) is 7.33. The number of carbonyl (C=O) groups is 1. The molecular weight excluding hydrogens is 318 g/mol. The fourth-order valence-corrected chi connectivity index (χ4v) is 3.24. The summed E-state index contributed by atoms with van der Waals surface area (Å²) >= 11 is 3.39. The Morgan fingerprint density at radius 2 is 2.05 bits per heavy atom. The molecule has 0 spiro atoms. The van der Waals surface area contributed by atoms with Crippen LogP contribution < -0.4 is 5.32 Å². The van der Waals surface area contributed by atoms with Crippen LogP contribution in [-0.2, 0) is 0 Å². The monoisotopic (exact) mass is 339 g/mol. The average molecular weight is 340 g/mol.